The molecule has 1 fully saturated rings. The van der Waals surface area contributed by atoms with E-state index in [2.05, 4.69) is 26.8 Å². The molecule has 9 heteroatoms. The van der Waals surface area contributed by atoms with Gasteiger partial charge in [0.1, 0.15) is 0 Å². The number of urea groups is 1. The molecule has 9 nitrogen and oxygen atoms in total. The molecule has 178 valence electrons. The van der Waals surface area contributed by atoms with Gasteiger partial charge in [-0.05, 0) is 43.9 Å². The average molecular weight is 462 g/mol. The van der Waals surface area contributed by atoms with Crippen LogP contribution in [0.3, 0.4) is 0 Å². The maximum Gasteiger partial charge on any atom is 0.318 e. The van der Waals surface area contributed by atoms with Gasteiger partial charge in [-0.3, -0.25) is 4.68 Å². The zero-order valence-corrected chi connectivity index (χ0v) is 19.9. The fraction of sp³-hybridized carbons (Fsp3) is 0.440. The number of ether oxygens (including phenoxy) is 1. The van der Waals surface area contributed by atoms with Crippen molar-refractivity contribution in [2.24, 2.45) is 7.05 Å². The van der Waals surface area contributed by atoms with E-state index in [0.717, 1.165) is 54.0 Å². The van der Waals surface area contributed by atoms with Crippen LogP contribution in [0.4, 0.5) is 10.7 Å². The Morgan fingerprint density at radius 2 is 2.03 bits per heavy atom. The van der Waals surface area contributed by atoms with Crippen molar-refractivity contribution in [3.8, 4) is 11.1 Å². The molecular weight excluding hydrogens is 430 g/mol. The monoisotopic (exact) mass is 461 g/mol. The molecule has 2 aliphatic heterocycles. The van der Waals surface area contributed by atoms with Crippen molar-refractivity contribution in [3.63, 3.8) is 0 Å². The second kappa shape index (κ2) is 9.06. The van der Waals surface area contributed by atoms with E-state index < -0.39 is 5.54 Å². The SMILES string of the molecule is Cn1cc(-c2cccc(CNC(=O)N3Cc4nc(NC5CCOCC5)ncc4C3(C)C)c2)cn1. The summed E-state index contributed by atoms with van der Waals surface area (Å²) in [6.07, 6.45) is 7.57. The van der Waals surface area contributed by atoms with E-state index >= 15 is 0 Å². The number of hydrogen-bond donors (Lipinski definition) is 2. The van der Waals surface area contributed by atoms with Gasteiger partial charge in [-0.15, -0.1) is 0 Å². The van der Waals surface area contributed by atoms with Gasteiger partial charge >= 0.3 is 6.03 Å². The van der Waals surface area contributed by atoms with Crippen molar-refractivity contribution in [2.75, 3.05) is 18.5 Å². The normalized spacial score (nSPS) is 17.4. The molecule has 3 aromatic rings. The van der Waals surface area contributed by atoms with Crippen molar-refractivity contribution < 1.29 is 9.53 Å². The lowest BCUT2D eigenvalue weighted by molar-refractivity contribution is 0.0903. The summed E-state index contributed by atoms with van der Waals surface area (Å²) >= 11 is 0. The number of benzene rings is 1. The molecule has 0 aliphatic carbocycles. The fourth-order valence-electron chi connectivity index (χ4n) is 4.67. The van der Waals surface area contributed by atoms with Crippen molar-refractivity contribution in [1.29, 1.82) is 0 Å². The van der Waals surface area contributed by atoms with Crippen LogP contribution in [0.1, 0.15) is 43.5 Å². The number of rotatable bonds is 5. The van der Waals surface area contributed by atoms with E-state index in [-0.39, 0.29) is 6.03 Å². The second-order valence-electron chi connectivity index (χ2n) is 9.49. The minimum atomic E-state index is -0.492. The quantitative estimate of drug-likeness (QED) is 0.604. The van der Waals surface area contributed by atoms with Gasteiger partial charge in [-0.1, -0.05) is 18.2 Å². The van der Waals surface area contributed by atoms with E-state index in [9.17, 15) is 4.79 Å². The number of anilines is 1. The lowest BCUT2D eigenvalue weighted by Gasteiger charge is -2.32. The number of nitrogens with one attached hydrogen (secondary N) is 2. The number of carbonyl (C=O) groups excluding carboxylic acids is 1. The van der Waals surface area contributed by atoms with Gasteiger partial charge in [0.05, 0.1) is 24.0 Å². The van der Waals surface area contributed by atoms with Crippen molar-refractivity contribution in [1.82, 2.24) is 30.0 Å². The third-order valence-corrected chi connectivity index (χ3v) is 6.72. The molecule has 5 rings (SSSR count). The first-order chi connectivity index (χ1) is 16.4. The largest absolute Gasteiger partial charge is 0.381 e. The zero-order chi connectivity index (χ0) is 23.7. The van der Waals surface area contributed by atoms with Gasteiger partial charge in [0.15, 0.2) is 0 Å². The predicted molar refractivity (Wildman–Crippen MR) is 129 cm³/mol. The summed E-state index contributed by atoms with van der Waals surface area (Å²) < 4.78 is 7.21. The minimum absolute atomic E-state index is 0.117. The van der Waals surface area contributed by atoms with Crippen LogP contribution in [0.5, 0.6) is 0 Å². The third-order valence-electron chi connectivity index (χ3n) is 6.72. The Morgan fingerprint density at radius 1 is 1.21 bits per heavy atom. The number of fused-ring (bicyclic) bond motifs is 1. The summed E-state index contributed by atoms with van der Waals surface area (Å²) in [5.74, 6) is 0.621. The summed E-state index contributed by atoms with van der Waals surface area (Å²) in [6, 6.07) is 8.36. The lowest BCUT2D eigenvalue weighted by Crippen LogP contribution is -2.45. The van der Waals surface area contributed by atoms with Crippen molar-refractivity contribution in [3.05, 3.63) is 59.7 Å². The molecule has 2 amide bonds. The van der Waals surface area contributed by atoms with Crippen LogP contribution in [-0.2, 0) is 30.4 Å². The summed E-state index contributed by atoms with van der Waals surface area (Å²) in [4.78, 5) is 24.3. The van der Waals surface area contributed by atoms with Crippen LogP contribution in [0, 0.1) is 0 Å². The van der Waals surface area contributed by atoms with E-state index in [1.807, 2.05) is 62.6 Å². The van der Waals surface area contributed by atoms with Crippen LogP contribution in [0.2, 0.25) is 0 Å². The van der Waals surface area contributed by atoms with Crippen molar-refractivity contribution in [2.45, 2.75) is 51.4 Å². The Labute approximate surface area is 199 Å². The van der Waals surface area contributed by atoms with Crippen LogP contribution >= 0.6 is 0 Å². The van der Waals surface area contributed by atoms with Crippen LogP contribution < -0.4 is 10.6 Å². The highest BCUT2D eigenvalue weighted by Crippen LogP contribution is 2.38. The Morgan fingerprint density at radius 3 is 2.79 bits per heavy atom. The molecule has 2 aliphatic rings. The molecule has 34 heavy (non-hydrogen) atoms. The first kappa shape index (κ1) is 22.3. The van der Waals surface area contributed by atoms with Gasteiger partial charge < -0.3 is 20.3 Å². The van der Waals surface area contributed by atoms with Gasteiger partial charge in [0.25, 0.3) is 0 Å². The number of amides is 2. The zero-order valence-electron chi connectivity index (χ0n) is 19.9. The maximum atomic E-state index is 13.2. The molecule has 2 aromatic heterocycles. The first-order valence-corrected chi connectivity index (χ1v) is 11.7. The van der Waals surface area contributed by atoms with Gasteiger partial charge in [0.2, 0.25) is 5.95 Å². The second-order valence-corrected chi connectivity index (χ2v) is 9.49. The summed E-state index contributed by atoms with van der Waals surface area (Å²) in [5.41, 5.74) is 4.55. The minimum Gasteiger partial charge on any atom is -0.381 e. The van der Waals surface area contributed by atoms with Gasteiger partial charge in [0, 0.05) is 56.4 Å². The maximum absolute atomic E-state index is 13.2. The van der Waals surface area contributed by atoms with Crippen molar-refractivity contribution >= 4 is 12.0 Å². The topological polar surface area (TPSA) is 97.2 Å². The molecule has 0 saturated carbocycles. The number of nitrogens with zero attached hydrogens (tertiary/aromatic N) is 5. The number of hydrogen-bond acceptors (Lipinski definition) is 6. The highest BCUT2D eigenvalue weighted by Gasteiger charge is 2.41. The Bertz CT molecular complexity index is 1180. The lowest BCUT2D eigenvalue weighted by atomic mass is 9.97. The van der Waals surface area contributed by atoms with Crippen LogP contribution in [0.25, 0.3) is 11.1 Å². The Hall–Kier alpha value is -3.46. The van der Waals surface area contributed by atoms with E-state index in [4.69, 9.17) is 9.72 Å². The molecule has 2 N–H and O–H groups in total. The molecular formula is C25H31N7O2. The summed E-state index contributed by atoms with van der Waals surface area (Å²) in [6.45, 7) is 6.49. The van der Waals surface area contributed by atoms with E-state index in [1.54, 1.807) is 4.68 Å². The molecule has 1 saturated heterocycles. The fourth-order valence-corrected chi connectivity index (χ4v) is 4.67. The van der Waals surface area contributed by atoms with E-state index in [0.29, 0.717) is 25.1 Å². The Balaban J connectivity index is 1.25. The van der Waals surface area contributed by atoms with Gasteiger partial charge in [-0.25, -0.2) is 14.8 Å². The molecule has 0 bridgehead atoms. The molecule has 4 heterocycles. The van der Waals surface area contributed by atoms with E-state index in [1.165, 1.54) is 0 Å². The third kappa shape index (κ3) is 4.48. The summed E-state index contributed by atoms with van der Waals surface area (Å²) in [5, 5.41) is 10.7. The standard InChI is InChI=1S/C25H31N7O2/c1-25(2)21-14-26-23(29-20-7-9-34-10-8-20)30-22(21)16-32(25)24(33)27-12-17-5-4-6-18(11-17)19-13-28-31(3)15-19/h4-6,11,13-15,20H,7-10,12,16H2,1-3H3,(H,27,33)(H,26,29,30). The Kier molecular flexibility index (Phi) is 5.95. The van der Waals surface area contributed by atoms with Gasteiger partial charge in [-0.2, -0.15) is 5.10 Å². The molecule has 0 unspecified atom stereocenters. The molecule has 0 atom stereocenters. The van der Waals surface area contributed by atoms with Crippen LogP contribution in [0.15, 0.2) is 42.9 Å². The molecule has 0 spiro atoms. The highest BCUT2D eigenvalue weighted by atomic mass is 16.5. The van der Waals surface area contributed by atoms with Crippen LogP contribution in [-0.4, -0.2) is 49.9 Å². The smallest absolute Gasteiger partial charge is 0.318 e. The first-order valence-electron chi connectivity index (χ1n) is 11.7. The number of aromatic nitrogens is 4. The number of aryl methyl sites for hydroxylation is 1. The number of carbonyl (C=O) groups is 1. The summed E-state index contributed by atoms with van der Waals surface area (Å²) in [7, 11) is 1.90. The predicted octanol–water partition coefficient (Wildman–Crippen LogP) is 3.43. The molecule has 1 aromatic carbocycles. The average Bonchev–Trinajstić information content (AvgIpc) is 3.38. The highest BCUT2D eigenvalue weighted by molar-refractivity contribution is 5.76. The molecule has 0 radical (unpaired) electrons.